The summed E-state index contributed by atoms with van der Waals surface area (Å²) < 4.78 is 39.6. The van der Waals surface area contributed by atoms with Crippen LogP contribution in [0, 0.1) is 17.9 Å². The third kappa shape index (κ3) is 3.81. The van der Waals surface area contributed by atoms with Crippen molar-refractivity contribution < 1.29 is 18.0 Å². The van der Waals surface area contributed by atoms with Crippen LogP contribution < -0.4 is 16.4 Å². The minimum atomic E-state index is -4.58. The molecule has 2 aromatic rings. The Labute approximate surface area is 176 Å². The zero-order valence-corrected chi connectivity index (χ0v) is 16.2. The summed E-state index contributed by atoms with van der Waals surface area (Å²) in [7, 11) is 0. The maximum atomic E-state index is 13.2. The van der Waals surface area contributed by atoms with E-state index >= 15 is 0 Å². The van der Waals surface area contributed by atoms with Crippen molar-refractivity contribution in [3.8, 4) is 6.07 Å². The van der Waals surface area contributed by atoms with Crippen LogP contribution in [-0.4, -0.2) is 5.91 Å². The number of nitrogens with two attached hydrogens (primary N) is 2. The van der Waals surface area contributed by atoms with E-state index in [0.29, 0.717) is 11.1 Å². The van der Waals surface area contributed by atoms with E-state index in [1.54, 1.807) is 12.1 Å². The van der Waals surface area contributed by atoms with Gasteiger partial charge in [-0.3, -0.25) is 4.79 Å². The van der Waals surface area contributed by atoms with Gasteiger partial charge in [0.15, 0.2) is 5.70 Å². The summed E-state index contributed by atoms with van der Waals surface area (Å²) in [6.45, 7) is 9.21. The standard InChI is InChI=1S/C22H16F3N5O/c1-12-19(29-2)17(14-8-6-13(11-26)7-9-14)18(21(28)31)20(27)30(12)16-5-3-4-15(10-16)22(23,24)25/h3-10,17H,27H2,1H3,(H2,28,31). The van der Waals surface area contributed by atoms with E-state index < -0.39 is 23.6 Å². The predicted molar refractivity (Wildman–Crippen MR) is 108 cm³/mol. The summed E-state index contributed by atoms with van der Waals surface area (Å²) in [4.78, 5) is 17.1. The Hall–Kier alpha value is -4.24. The highest BCUT2D eigenvalue weighted by atomic mass is 19.4. The highest BCUT2D eigenvalue weighted by molar-refractivity contribution is 5.97. The first kappa shape index (κ1) is 21.5. The topological polar surface area (TPSA) is 100 Å². The molecule has 156 valence electrons. The van der Waals surface area contributed by atoms with Crippen molar-refractivity contribution in [1.29, 1.82) is 5.26 Å². The minimum absolute atomic E-state index is 0.0444. The smallest absolute Gasteiger partial charge is 0.384 e. The number of hydrogen-bond donors (Lipinski definition) is 2. The molecule has 1 aliphatic rings. The van der Waals surface area contributed by atoms with Gasteiger partial charge in [-0.15, -0.1) is 0 Å². The fourth-order valence-corrected chi connectivity index (χ4v) is 3.55. The maximum Gasteiger partial charge on any atom is 0.416 e. The summed E-state index contributed by atoms with van der Waals surface area (Å²) in [5.74, 6) is -1.98. The Kier molecular flexibility index (Phi) is 5.46. The van der Waals surface area contributed by atoms with Crippen LogP contribution in [0.15, 0.2) is 71.3 Å². The van der Waals surface area contributed by atoms with Crippen molar-refractivity contribution in [3.05, 3.63) is 99.4 Å². The molecule has 0 fully saturated rings. The van der Waals surface area contributed by atoms with E-state index in [2.05, 4.69) is 4.85 Å². The van der Waals surface area contributed by atoms with E-state index in [0.717, 1.165) is 12.1 Å². The van der Waals surface area contributed by atoms with E-state index in [-0.39, 0.29) is 28.5 Å². The lowest BCUT2D eigenvalue weighted by Crippen LogP contribution is -2.38. The molecule has 1 unspecified atom stereocenters. The highest BCUT2D eigenvalue weighted by Gasteiger charge is 2.38. The van der Waals surface area contributed by atoms with Crippen LogP contribution in [0.1, 0.15) is 29.5 Å². The third-order valence-electron chi connectivity index (χ3n) is 4.98. The average molecular weight is 423 g/mol. The molecule has 1 amide bonds. The van der Waals surface area contributed by atoms with Crippen LogP contribution in [0.3, 0.4) is 0 Å². The number of alkyl halides is 3. The van der Waals surface area contributed by atoms with Gasteiger partial charge in [-0.1, -0.05) is 18.2 Å². The van der Waals surface area contributed by atoms with Gasteiger partial charge in [0, 0.05) is 11.4 Å². The molecule has 0 saturated heterocycles. The number of primary amides is 1. The van der Waals surface area contributed by atoms with Gasteiger partial charge in [0.05, 0.1) is 35.3 Å². The van der Waals surface area contributed by atoms with E-state index in [9.17, 15) is 18.0 Å². The van der Waals surface area contributed by atoms with Crippen molar-refractivity contribution in [3.63, 3.8) is 0 Å². The number of amides is 1. The monoisotopic (exact) mass is 423 g/mol. The van der Waals surface area contributed by atoms with Crippen LogP contribution in [-0.2, 0) is 11.0 Å². The summed E-state index contributed by atoms with van der Waals surface area (Å²) in [5, 5.41) is 9.00. The molecule has 6 nitrogen and oxygen atoms in total. The maximum absolute atomic E-state index is 13.2. The van der Waals surface area contributed by atoms with Crippen molar-refractivity contribution in [2.24, 2.45) is 11.5 Å². The van der Waals surface area contributed by atoms with Crippen LogP contribution >= 0.6 is 0 Å². The molecular weight excluding hydrogens is 407 g/mol. The first-order chi connectivity index (χ1) is 14.6. The second-order valence-corrected chi connectivity index (χ2v) is 6.80. The molecule has 31 heavy (non-hydrogen) atoms. The largest absolute Gasteiger partial charge is 0.416 e. The van der Waals surface area contributed by atoms with Gasteiger partial charge in [0.25, 0.3) is 0 Å². The number of nitrogens with zero attached hydrogens (tertiary/aromatic N) is 3. The van der Waals surface area contributed by atoms with Crippen LogP contribution in [0.5, 0.6) is 0 Å². The molecule has 1 atom stereocenters. The number of nitriles is 1. The number of hydrogen-bond acceptors (Lipinski definition) is 4. The van der Waals surface area contributed by atoms with Gasteiger partial charge >= 0.3 is 6.18 Å². The van der Waals surface area contributed by atoms with Crippen LogP contribution in [0.4, 0.5) is 18.9 Å². The number of rotatable bonds is 3. The molecule has 1 heterocycles. The summed E-state index contributed by atoms with van der Waals surface area (Å²) in [6, 6.07) is 12.6. The van der Waals surface area contributed by atoms with Crippen molar-refractivity contribution in [2.75, 3.05) is 4.90 Å². The Morgan fingerprint density at radius 3 is 2.39 bits per heavy atom. The molecular formula is C22H16F3N5O. The first-order valence-electron chi connectivity index (χ1n) is 8.95. The normalized spacial score (nSPS) is 16.7. The number of anilines is 1. The summed E-state index contributed by atoms with van der Waals surface area (Å²) in [6.07, 6.45) is -4.58. The molecule has 1 aliphatic heterocycles. The van der Waals surface area contributed by atoms with Crippen LogP contribution in [0.2, 0.25) is 0 Å². The second-order valence-electron chi connectivity index (χ2n) is 6.80. The van der Waals surface area contributed by atoms with Gasteiger partial charge in [-0.2, -0.15) is 18.4 Å². The average Bonchev–Trinajstić information content (AvgIpc) is 2.73. The Morgan fingerprint density at radius 1 is 1.23 bits per heavy atom. The molecule has 9 heteroatoms. The lowest BCUT2D eigenvalue weighted by atomic mass is 9.84. The Bertz CT molecular complexity index is 1200. The molecule has 0 bridgehead atoms. The predicted octanol–water partition coefficient (Wildman–Crippen LogP) is 3.99. The number of allylic oxidation sites excluding steroid dienone is 2. The second kappa shape index (κ2) is 7.88. The SMILES string of the molecule is [C-]#[N+]C1=C(C)N(c2cccc(C(F)(F)F)c2)C(N)=C(C(N)=O)C1c1ccc(C#N)cc1. The zero-order chi connectivity index (χ0) is 22.9. The van der Waals surface area contributed by atoms with Crippen molar-refractivity contribution in [2.45, 2.75) is 19.0 Å². The first-order valence-corrected chi connectivity index (χ1v) is 8.95. The van der Waals surface area contributed by atoms with Gasteiger partial charge < -0.3 is 16.4 Å². The minimum Gasteiger partial charge on any atom is -0.384 e. The van der Waals surface area contributed by atoms with Crippen molar-refractivity contribution in [1.82, 2.24) is 0 Å². The number of carbonyl (C=O) groups excluding carboxylic acids is 1. The molecule has 2 aromatic carbocycles. The summed E-state index contributed by atoms with van der Waals surface area (Å²) in [5.41, 5.74) is 12.1. The third-order valence-corrected chi connectivity index (χ3v) is 4.98. The molecule has 3 rings (SSSR count). The molecule has 4 N–H and O–H groups in total. The number of carbonyl (C=O) groups is 1. The molecule has 0 spiro atoms. The molecule has 0 saturated carbocycles. The molecule has 0 aliphatic carbocycles. The van der Waals surface area contributed by atoms with Gasteiger partial charge in [-0.05, 0) is 42.8 Å². The van der Waals surface area contributed by atoms with E-state index in [1.807, 2.05) is 6.07 Å². The molecule has 0 aromatic heterocycles. The van der Waals surface area contributed by atoms with Gasteiger partial charge in [0.2, 0.25) is 5.91 Å². The zero-order valence-electron chi connectivity index (χ0n) is 16.2. The number of benzene rings is 2. The highest BCUT2D eigenvalue weighted by Crippen LogP contribution is 2.43. The number of halogens is 3. The van der Waals surface area contributed by atoms with Crippen LogP contribution in [0.25, 0.3) is 4.85 Å². The molecule has 0 radical (unpaired) electrons. The fraction of sp³-hybridized carbons (Fsp3) is 0.136. The fourth-order valence-electron chi connectivity index (χ4n) is 3.55. The van der Waals surface area contributed by atoms with Crippen molar-refractivity contribution >= 4 is 11.6 Å². The lowest BCUT2D eigenvalue weighted by molar-refractivity contribution is -0.137. The Morgan fingerprint density at radius 2 is 1.87 bits per heavy atom. The van der Waals surface area contributed by atoms with Gasteiger partial charge in [0.1, 0.15) is 5.82 Å². The Balaban J connectivity index is 2.24. The summed E-state index contributed by atoms with van der Waals surface area (Å²) >= 11 is 0. The quantitative estimate of drug-likeness (QED) is 0.729. The van der Waals surface area contributed by atoms with Gasteiger partial charge in [-0.25, -0.2) is 4.85 Å². The van der Waals surface area contributed by atoms with E-state index in [4.69, 9.17) is 23.3 Å². The lowest BCUT2D eigenvalue weighted by Gasteiger charge is -2.36. The van der Waals surface area contributed by atoms with E-state index in [1.165, 1.54) is 36.1 Å².